The van der Waals surface area contributed by atoms with Gasteiger partial charge in [-0.1, -0.05) is 61.6 Å². The molecule has 1 aliphatic heterocycles. The Balaban J connectivity index is 2.04. The lowest BCUT2D eigenvalue weighted by Gasteiger charge is -2.27. The smallest absolute Gasteiger partial charge is 0.0866 e. The summed E-state index contributed by atoms with van der Waals surface area (Å²) >= 11 is 0. The molecule has 1 aliphatic rings. The maximum absolute atomic E-state index is 5.85. The molecule has 0 bridgehead atoms. The molecule has 0 aliphatic carbocycles. The minimum absolute atomic E-state index is 0.271. The molecule has 17 heavy (non-hydrogen) atoms. The van der Waals surface area contributed by atoms with Gasteiger partial charge in [-0.05, 0) is 18.0 Å². The van der Waals surface area contributed by atoms with Gasteiger partial charge in [-0.2, -0.15) is 0 Å². The van der Waals surface area contributed by atoms with Crippen molar-refractivity contribution in [1.29, 1.82) is 0 Å². The summed E-state index contributed by atoms with van der Waals surface area (Å²) in [6.07, 6.45) is 3.64. The molecule has 2 rings (SSSR count). The van der Waals surface area contributed by atoms with Crippen molar-refractivity contribution in [2.75, 3.05) is 6.61 Å². The summed E-state index contributed by atoms with van der Waals surface area (Å²) in [6.45, 7) is 8.07. The minimum atomic E-state index is -0.999. The molecule has 0 aromatic heterocycles. The molecule has 1 aromatic carbocycles. The Labute approximate surface area is 106 Å². The Kier molecular flexibility index (Phi) is 3.85. The number of hydrogen-bond acceptors (Lipinski definition) is 1. The molecule has 1 atom stereocenters. The molecule has 0 fully saturated rings. The van der Waals surface area contributed by atoms with Gasteiger partial charge in [0, 0.05) is 8.07 Å². The first-order valence-electron chi connectivity index (χ1n) is 6.39. The first kappa shape index (κ1) is 12.6. The maximum atomic E-state index is 5.85. The number of benzene rings is 1. The summed E-state index contributed by atoms with van der Waals surface area (Å²) in [7, 11) is -0.999. The van der Waals surface area contributed by atoms with E-state index in [9.17, 15) is 0 Å². The van der Waals surface area contributed by atoms with E-state index in [1.165, 1.54) is 11.6 Å². The van der Waals surface area contributed by atoms with Gasteiger partial charge in [0.25, 0.3) is 0 Å². The fourth-order valence-electron chi connectivity index (χ4n) is 2.37. The zero-order chi connectivity index (χ0) is 12.3. The lowest BCUT2D eigenvalue weighted by atomic mass is 10.0. The van der Waals surface area contributed by atoms with Gasteiger partial charge >= 0.3 is 0 Å². The van der Waals surface area contributed by atoms with E-state index >= 15 is 0 Å². The molecule has 0 saturated heterocycles. The molecular weight excluding hydrogens is 224 g/mol. The quantitative estimate of drug-likeness (QED) is 0.567. The molecule has 0 spiro atoms. The van der Waals surface area contributed by atoms with Crippen molar-refractivity contribution in [3.63, 3.8) is 0 Å². The van der Waals surface area contributed by atoms with Crippen LogP contribution in [0.3, 0.4) is 0 Å². The van der Waals surface area contributed by atoms with Gasteiger partial charge in [0.1, 0.15) is 0 Å². The van der Waals surface area contributed by atoms with Crippen molar-refractivity contribution < 1.29 is 4.74 Å². The monoisotopic (exact) mass is 246 g/mol. The molecule has 1 unspecified atom stereocenters. The van der Waals surface area contributed by atoms with Crippen LogP contribution in [0, 0.1) is 0 Å². The molecule has 2 heteroatoms. The molecule has 0 radical (unpaired) electrons. The average molecular weight is 246 g/mol. The standard InChI is InChI=1S/C15H22OSi/c1-17(2,3)12-13-9-10-16-15(11-13)14-7-5-4-6-8-14/h4-9,15H,10-12H2,1-3H3. The average Bonchev–Trinajstić information content (AvgIpc) is 2.28. The van der Waals surface area contributed by atoms with Gasteiger partial charge < -0.3 is 4.74 Å². The van der Waals surface area contributed by atoms with Crippen molar-refractivity contribution in [3.05, 3.63) is 47.5 Å². The van der Waals surface area contributed by atoms with Crippen molar-refractivity contribution in [2.24, 2.45) is 0 Å². The zero-order valence-electron chi connectivity index (χ0n) is 11.1. The summed E-state index contributed by atoms with van der Waals surface area (Å²) in [5, 5.41) is 0. The Morgan fingerprint density at radius 3 is 2.53 bits per heavy atom. The second kappa shape index (κ2) is 5.19. The number of hydrogen-bond donors (Lipinski definition) is 0. The van der Waals surface area contributed by atoms with Crippen LogP contribution in [0.2, 0.25) is 25.7 Å². The van der Waals surface area contributed by atoms with Crippen LogP contribution in [0.15, 0.2) is 42.0 Å². The minimum Gasteiger partial charge on any atom is -0.369 e. The van der Waals surface area contributed by atoms with E-state index in [2.05, 4.69) is 56.0 Å². The van der Waals surface area contributed by atoms with E-state index in [1.807, 2.05) is 0 Å². The molecule has 0 N–H and O–H groups in total. The van der Waals surface area contributed by atoms with Crippen LogP contribution < -0.4 is 0 Å². The van der Waals surface area contributed by atoms with Crippen molar-refractivity contribution in [2.45, 2.75) is 38.2 Å². The predicted octanol–water partition coefficient (Wildman–Crippen LogP) is 4.41. The highest BCUT2D eigenvalue weighted by Gasteiger charge is 2.22. The topological polar surface area (TPSA) is 9.23 Å². The number of ether oxygens (including phenoxy) is 1. The molecule has 0 amide bonds. The summed E-state index contributed by atoms with van der Waals surface area (Å²) < 4.78 is 5.85. The van der Waals surface area contributed by atoms with Crippen LogP contribution in [-0.2, 0) is 4.74 Å². The van der Waals surface area contributed by atoms with Gasteiger partial charge in [0.2, 0.25) is 0 Å². The maximum Gasteiger partial charge on any atom is 0.0866 e. The molecule has 1 heterocycles. The highest BCUT2D eigenvalue weighted by Crippen LogP contribution is 2.32. The summed E-state index contributed by atoms with van der Waals surface area (Å²) in [4.78, 5) is 0. The van der Waals surface area contributed by atoms with E-state index < -0.39 is 8.07 Å². The fraction of sp³-hybridized carbons (Fsp3) is 0.467. The third-order valence-electron chi connectivity index (χ3n) is 3.05. The third-order valence-corrected chi connectivity index (χ3v) is 4.56. The van der Waals surface area contributed by atoms with E-state index in [0.29, 0.717) is 0 Å². The van der Waals surface area contributed by atoms with E-state index in [4.69, 9.17) is 4.74 Å². The van der Waals surface area contributed by atoms with Crippen LogP contribution in [0.5, 0.6) is 0 Å². The van der Waals surface area contributed by atoms with E-state index in [-0.39, 0.29) is 6.10 Å². The second-order valence-electron chi connectivity index (χ2n) is 6.04. The molecule has 1 aromatic rings. The summed E-state index contributed by atoms with van der Waals surface area (Å²) in [5.41, 5.74) is 2.91. The van der Waals surface area contributed by atoms with Gasteiger partial charge in [0.05, 0.1) is 12.7 Å². The highest BCUT2D eigenvalue weighted by molar-refractivity contribution is 6.76. The van der Waals surface area contributed by atoms with Gasteiger partial charge in [-0.25, -0.2) is 0 Å². The first-order valence-corrected chi connectivity index (χ1v) is 10.1. The fourth-order valence-corrected chi connectivity index (χ4v) is 4.02. The Hall–Kier alpha value is -0.863. The predicted molar refractivity (Wildman–Crippen MR) is 76.0 cm³/mol. The lowest BCUT2D eigenvalue weighted by molar-refractivity contribution is 0.0641. The number of rotatable bonds is 3. The van der Waals surface area contributed by atoms with Crippen LogP contribution in [0.25, 0.3) is 0 Å². The molecule has 0 saturated carbocycles. The summed E-state index contributed by atoms with van der Waals surface area (Å²) in [5.74, 6) is 0. The van der Waals surface area contributed by atoms with Gasteiger partial charge in [-0.3, -0.25) is 0 Å². The van der Waals surface area contributed by atoms with Gasteiger partial charge in [0.15, 0.2) is 0 Å². The normalized spacial score (nSPS) is 21.1. The van der Waals surface area contributed by atoms with Crippen LogP contribution in [0.1, 0.15) is 18.1 Å². The van der Waals surface area contributed by atoms with Gasteiger partial charge in [-0.15, -0.1) is 0 Å². The van der Waals surface area contributed by atoms with E-state index in [1.54, 1.807) is 5.57 Å². The van der Waals surface area contributed by atoms with Crippen molar-refractivity contribution in [3.8, 4) is 0 Å². The molecule has 92 valence electrons. The Morgan fingerprint density at radius 2 is 1.88 bits per heavy atom. The van der Waals surface area contributed by atoms with E-state index in [0.717, 1.165) is 13.0 Å². The molecular formula is C15H22OSi. The van der Waals surface area contributed by atoms with Crippen LogP contribution >= 0.6 is 0 Å². The van der Waals surface area contributed by atoms with Crippen LogP contribution in [0.4, 0.5) is 0 Å². The SMILES string of the molecule is C[Si](C)(C)CC1=CCOC(c2ccccc2)C1. The zero-order valence-corrected chi connectivity index (χ0v) is 12.1. The van der Waals surface area contributed by atoms with Crippen molar-refractivity contribution >= 4 is 8.07 Å². The Morgan fingerprint density at radius 1 is 1.18 bits per heavy atom. The second-order valence-corrected chi connectivity index (χ2v) is 11.5. The highest BCUT2D eigenvalue weighted by atomic mass is 28.3. The Bertz CT molecular complexity index is 389. The lowest BCUT2D eigenvalue weighted by Crippen LogP contribution is -2.22. The largest absolute Gasteiger partial charge is 0.369 e. The van der Waals surface area contributed by atoms with Crippen molar-refractivity contribution in [1.82, 2.24) is 0 Å². The summed E-state index contributed by atoms with van der Waals surface area (Å²) in [6, 6.07) is 11.9. The third kappa shape index (κ3) is 3.82. The first-order chi connectivity index (χ1) is 8.04. The molecule has 1 nitrogen and oxygen atoms in total. The van der Waals surface area contributed by atoms with Crippen LogP contribution in [-0.4, -0.2) is 14.7 Å².